The fraction of sp³-hybridized carbons (Fsp3) is 0. The smallest absolute Gasteiger partial charge is 0.228 e. The first-order chi connectivity index (χ1) is 8.75. The van der Waals surface area contributed by atoms with Gasteiger partial charge in [0.15, 0.2) is 11.3 Å². The Morgan fingerprint density at radius 1 is 1.17 bits per heavy atom. The minimum atomic E-state index is -0.176. The average molecular weight is 258 g/mol. The van der Waals surface area contributed by atoms with Crippen LogP contribution in [0.3, 0.4) is 0 Å². The Hall–Kier alpha value is -2.13. The number of para-hydroxylation sites is 1. The molecule has 4 heteroatoms. The van der Waals surface area contributed by atoms with Gasteiger partial charge in [0.2, 0.25) is 5.78 Å². The summed E-state index contributed by atoms with van der Waals surface area (Å²) < 4.78 is 5.51. The molecular weight excluding hydrogens is 250 g/mol. The summed E-state index contributed by atoms with van der Waals surface area (Å²) >= 11 is 6.01. The molecule has 3 aromatic rings. The van der Waals surface area contributed by atoms with Crippen molar-refractivity contribution in [2.45, 2.75) is 0 Å². The lowest BCUT2D eigenvalue weighted by atomic mass is 10.1. The molecule has 1 aromatic carbocycles. The molecule has 0 aliphatic rings. The number of halogens is 1. The Morgan fingerprint density at radius 3 is 2.67 bits per heavy atom. The third-order valence-electron chi connectivity index (χ3n) is 2.66. The number of carbonyl (C=O) groups is 1. The summed E-state index contributed by atoms with van der Waals surface area (Å²) in [6.45, 7) is 0. The molecule has 0 saturated heterocycles. The molecule has 0 bridgehead atoms. The van der Waals surface area contributed by atoms with Crippen molar-refractivity contribution in [2.24, 2.45) is 0 Å². The largest absolute Gasteiger partial charge is 0.451 e. The molecule has 0 amide bonds. The summed E-state index contributed by atoms with van der Waals surface area (Å²) in [4.78, 5) is 16.0. The number of nitrogens with zero attached hydrogens (tertiary/aromatic N) is 1. The van der Waals surface area contributed by atoms with Gasteiger partial charge in [-0.2, -0.15) is 0 Å². The molecule has 0 unspecified atom stereocenters. The summed E-state index contributed by atoms with van der Waals surface area (Å²) in [6.07, 6.45) is 3.14. The lowest BCUT2D eigenvalue weighted by Gasteiger charge is -1.95. The van der Waals surface area contributed by atoms with Gasteiger partial charge in [0.25, 0.3) is 0 Å². The normalized spacial score (nSPS) is 10.7. The van der Waals surface area contributed by atoms with Crippen LogP contribution in [-0.2, 0) is 0 Å². The molecule has 18 heavy (non-hydrogen) atoms. The summed E-state index contributed by atoms with van der Waals surface area (Å²) in [6, 6.07) is 10.4. The fourth-order valence-electron chi connectivity index (χ4n) is 1.78. The summed E-state index contributed by atoms with van der Waals surface area (Å²) in [5.74, 6) is 0.106. The molecule has 0 N–H and O–H groups in total. The van der Waals surface area contributed by atoms with Gasteiger partial charge >= 0.3 is 0 Å². The molecule has 0 aliphatic heterocycles. The van der Waals surface area contributed by atoms with Crippen LogP contribution in [0.1, 0.15) is 16.1 Å². The van der Waals surface area contributed by atoms with Crippen molar-refractivity contribution in [1.82, 2.24) is 4.98 Å². The van der Waals surface area contributed by atoms with Crippen molar-refractivity contribution in [3.8, 4) is 0 Å². The second-order valence-corrected chi connectivity index (χ2v) is 4.24. The highest BCUT2D eigenvalue weighted by molar-refractivity contribution is 6.35. The maximum absolute atomic E-state index is 12.2. The zero-order chi connectivity index (χ0) is 12.5. The van der Waals surface area contributed by atoms with Crippen LogP contribution in [0.4, 0.5) is 0 Å². The van der Waals surface area contributed by atoms with Gasteiger partial charge in [0.1, 0.15) is 0 Å². The number of hydrogen-bond donors (Lipinski definition) is 0. The van der Waals surface area contributed by atoms with E-state index in [1.54, 1.807) is 36.7 Å². The first-order valence-corrected chi connectivity index (χ1v) is 5.76. The van der Waals surface area contributed by atoms with Crippen molar-refractivity contribution in [3.63, 3.8) is 0 Å². The summed E-state index contributed by atoms with van der Waals surface area (Å²) in [5, 5.41) is 1.32. The minimum absolute atomic E-state index is 0.176. The van der Waals surface area contributed by atoms with Crippen LogP contribution in [0.25, 0.3) is 11.0 Å². The predicted molar refractivity (Wildman–Crippen MR) is 68.9 cm³/mol. The molecule has 88 valence electrons. The number of fused-ring (bicyclic) bond motifs is 1. The lowest BCUT2D eigenvalue weighted by molar-refractivity contribution is 0.101. The average Bonchev–Trinajstić information content (AvgIpc) is 2.84. The van der Waals surface area contributed by atoms with Gasteiger partial charge in [-0.15, -0.1) is 0 Å². The van der Waals surface area contributed by atoms with Gasteiger partial charge in [0, 0.05) is 23.3 Å². The zero-order valence-electron chi connectivity index (χ0n) is 9.26. The van der Waals surface area contributed by atoms with Crippen LogP contribution < -0.4 is 0 Å². The van der Waals surface area contributed by atoms with Gasteiger partial charge < -0.3 is 4.42 Å². The number of benzene rings is 1. The number of pyridine rings is 1. The van der Waals surface area contributed by atoms with E-state index in [1.165, 1.54) is 0 Å². The number of ketones is 1. The predicted octanol–water partition coefficient (Wildman–Crippen LogP) is 3.71. The molecule has 3 rings (SSSR count). The topological polar surface area (TPSA) is 43.1 Å². The van der Waals surface area contributed by atoms with Crippen molar-refractivity contribution in [1.29, 1.82) is 0 Å². The SMILES string of the molecule is O=C(c1ccncc1)c1cc2cccc(Cl)c2o1. The Morgan fingerprint density at radius 2 is 1.94 bits per heavy atom. The van der Waals surface area contributed by atoms with E-state index < -0.39 is 0 Å². The van der Waals surface area contributed by atoms with Crippen LogP contribution in [-0.4, -0.2) is 10.8 Å². The Bertz CT molecular complexity index is 719. The lowest BCUT2D eigenvalue weighted by Crippen LogP contribution is -1.98. The standard InChI is InChI=1S/C14H8ClNO2/c15-11-3-1-2-10-8-12(18-14(10)11)13(17)9-4-6-16-7-5-9/h1-8H. The number of aromatic nitrogens is 1. The second-order valence-electron chi connectivity index (χ2n) is 3.83. The first-order valence-electron chi connectivity index (χ1n) is 5.38. The van der Waals surface area contributed by atoms with Gasteiger partial charge in [-0.25, -0.2) is 0 Å². The molecule has 2 aromatic heterocycles. The summed E-state index contributed by atoms with van der Waals surface area (Å²) in [5.41, 5.74) is 1.08. The van der Waals surface area contributed by atoms with E-state index in [0.29, 0.717) is 16.2 Å². The van der Waals surface area contributed by atoms with Crippen LogP contribution in [0.2, 0.25) is 5.02 Å². The number of rotatable bonds is 2. The summed E-state index contributed by atoms with van der Waals surface area (Å²) in [7, 11) is 0. The molecule has 0 aliphatic carbocycles. The van der Waals surface area contributed by atoms with Crippen LogP contribution in [0.15, 0.2) is 53.2 Å². The van der Waals surface area contributed by atoms with E-state index in [2.05, 4.69) is 4.98 Å². The van der Waals surface area contributed by atoms with E-state index in [-0.39, 0.29) is 11.5 Å². The van der Waals surface area contributed by atoms with Gasteiger partial charge in [-0.1, -0.05) is 23.7 Å². The quantitative estimate of drug-likeness (QED) is 0.657. The van der Waals surface area contributed by atoms with E-state index in [0.717, 1.165) is 5.39 Å². The molecule has 3 nitrogen and oxygen atoms in total. The monoisotopic (exact) mass is 257 g/mol. The molecule has 2 heterocycles. The third-order valence-corrected chi connectivity index (χ3v) is 2.96. The highest BCUT2D eigenvalue weighted by Crippen LogP contribution is 2.27. The van der Waals surface area contributed by atoms with Gasteiger partial charge in [0.05, 0.1) is 5.02 Å². The number of furan rings is 1. The van der Waals surface area contributed by atoms with E-state index >= 15 is 0 Å². The minimum Gasteiger partial charge on any atom is -0.451 e. The first kappa shape index (κ1) is 11.0. The van der Waals surface area contributed by atoms with E-state index in [1.807, 2.05) is 12.1 Å². The maximum Gasteiger partial charge on any atom is 0.228 e. The molecule has 0 fully saturated rings. The van der Waals surface area contributed by atoms with Crippen molar-refractivity contribution >= 4 is 28.4 Å². The van der Waals surface area contributed by atoms with Gasteiger partial charge in [-0.05, 0) is 24.3 Å². The van der Waals surface area contributed by atoms with Crippen molar-refractivity contribution < 1.29 is 9.21 Å². The Kier molecular flexibility index (Phi) is 2.61. The maximum atomic E-state index is 12.2. The van der Waals surface area contributed by atoms with Crippen molar-refractivity contribution in [3.05, 3.63) is 65.1 Å². The second kappa shape index (κ2) is 4.27. The zero-order valence-corrected chi connectivity index (χ0v) is 10.0. The van der Waals surface area contributed by atoms with Crippen LogP contribution >= 0.6 is 11.6 Å². The molecule has 0 radical (unpaired) electrons. The Labute approximate surface area is 108 Å². The van der Waals surface area contributed by atoms with Crippen LogP contribution in [0, 0.1) is 0 Å². The van der Waals surface area contributed by atoms with Crippen molar-refractivity contribution in [2.75, 3.05) is 0 Å². The molecule has 0 spiro atoms. The Balaban J connectivity index is 2.10. The fourth-order valence-corrected chi connectivity index (χ4v) is 2.01. The molecule has 0 atom stereocenters. The third kappa shape index (κ3) is 1.79. The number of hydrogen-bond acceptors (Lipinski definition) is 3. The van der Waals surface area contributed by atoms with Gasteiger partial charge in [-0.3, -0.25) is 9.78 Å². The van der Waals surface area contributed by atoms with Crippen LogP contribution in [0.5, 0.6) is 0 Å². The highest BCUT2D eigenvalue weighted by Gasteiger charge is 2.15. The van der Waals surface area contributed by atoms with E-state index in [9.17, 15) is 4.79 Å². The molecular formula is C14H8ClNO2. The molecule has 0 saturated carbocycles. The highest BCUT2D eigenvalue weighted by atomic mass is 35.5. The van der Waals surface area contributed by atoms with E-state index in [4.69, 9.17) is 16.0 Å². The number of carbonyl (C=O) groups excluding carboxylic acids is 1.